The highest BCUT2D eigenvalue weighted by Crippen LogP contribution is 2.41. The van der Waals surface area contributed by atoms with Crippen molar-refractivity contribution in [2.75, 3.05) is 7.05 Å². The Bertz CT molecular complexity index is 561. The van der Waals surface area contributed by atoms with Crippen LogP contribution < -0.4 is 0 Å². The fourth-order valence-corrected chi connectivity index (χ4v) is 3.39. The molecule has 118 valence electrons. The zero-order valence-electron chi connectivity index (χ0n) is 12.3. The molecule has 6 nitrogen and oxygen atoms in total. The molecule has 4 atom stereocenters. The van der Waals surface area contributed by atoms with E-state index < -0.39 is 24.0 Å². The lowest BCUT2D eigenvalue weighted by atomic mass is 9.84. The highest BCUT2D eigenvalue weighted by molar-refractivity contribution is 5.75. The summed E-state index contributed by atoms with van der Waals surface area (Å²) in [6.07, 6.45) is 0.508. The molecule has 0 unspecified atom stereocenters. The summed E-state index contributed by atoms with van der Waals surface area (Å²) < 4.78 is 10.9. The van der Waals surface area contributed by atoms with Crippen LogP contribution in [0.4, 0.5) is 4.79 Å². The summed E-state index contributed by atoms with van der Waals surface area (Å²) in [4.78, 5) is 25.0. The molecule has 1 amide bonds. The maximum Gasteiger partial charge on any atom is 0.410 e. The highest BCUT2D eigenvalue weighted by atomic mass is 16.6. The average Bonchev–Trinajstić information content (AvgIpc) is 3.13. The van der Waals surface area contributed by atoms with Gasteiger partial charge in [0.2, 0.25) is 0 Å². The molecule has 2 saturated heterocycles. The van der Waals surface area contributed by atoms with Gasteiger partial charge in [0.25, 0.3) is 0 Å². The van der Waals surface area contributed by atoms with E-state index in [4.69, 9.17) is 9.47 Å². The van der Waals surface area contributed by atoms with Crippen LogP contribution in [-0.4, -0.2) is 47.4 Å². The van der Waals surface area contributed by atoms with E-state index in [1.165, 1.54) is 4.90 Å². The fourth-order valence-electron chi connectivity index (χ4n) is 3.39. The van der Waals surface area contributed by atoms with Gasteiger partial charge < -0.3 is 19.5 Å². The largest absolute Gasteiger partial charge is 0.481 e. The van der Waals surface area contributed by atoms with E-state index in [1.807, 2.05) is 30.3 Å². The number of hydrogen-bond donors (Lipinski definition) is 1. The van der Waals surface area contributed by atoms with Crippen molar-refractivity contribution in [2.24, 2.45) is 5.92 Å². The highest BCUT2D eigenvalue weighted by Gasteiger charge is 2.55. The summed E-state index contributed by atoms with van der Waals surface area (Å²) in [5, 5.41) is 9.39. The van der Waals surface area contributed by atoms with Gasteiger partial charge >= 0.3 is 12.1 Å². The number of benzene rings is 1. The van der Waals surface area contributed by atoms with Crippen molar-refractivity contribution in [1.29, 1.82) is 0 Å². The van der Waals surface area contributed by atoms with Crippen LogP contribution in [0.3, 0.4) is 0 Å². The molecule has 6 heteroatoms. The van der Waals surface area contributed by atoms with Crippen LogP contribution in [0.5, 0.6) is 0 Å². The number of nitrogens with zero attached hydrogens (tertiary/aromatic N) is 1. The maximum atomic E-state index is 12.2. The normalized spacial score (nSPS) is 29.3. The minimum Gasteiger partial charge on any atom is -0.481 e. The van der Waals surface area contributed by atoms with Crippen LogP contribution in [-0.2, 0) is 20.9 Å². The SMILES string of the molecule is CN(C(=O)OCc1ccccc1)[C@H]1[C@@H](C(=O)O)[C@H]2CC[C@@H]1O2. The van der Waals surface area contributed by atoms with Gasteiger partial charge in [-0.15, -0.1) is 0 Å². The van der Waals surface area contributed by atoms with Crippen molar-refractivity contribution in [1.82, 2.24) is 4.90 Å². The van der Waals surface area contributed by atoms with Crippen molar-refractivity contribution in [3.8, 4) is 0 Å². The lowest BCUT2D eigenvalue weighted by Crippen LogP contribution is -2.50. The van der Waals surface area contributed by atoms with Crippen molar-refractivity contribution < 1.29 is 24.2 Å². The predicted octanol–water partition coefficient (Wildman–Crippen LogP) is 1.89. The maximum absolute atomic E-state index is 12.2. The van der Waals surface area contributed by atoms with Crippen molar-refractivity contribution in [3.63, 3.8) is 0 Å². The third-order valence-electron chi connectivity index (χ3n) is 4.46. The second-order valence-electron chi connectivity index (χ2n) is 5.80. The number of rotatable bonds is 4. The van der Waals surface area contributed by atoms with E-state index in [1.54, 1.807) is 7.05 Å². The van der Waals surface area contributed by atoms with E-state index in [0.717, 1.165) is 18.4 Å². The first kappa shape index (κ1) is 14.8. The molecule has 1 N–H and O–H groups in total. The first-order valence-corrected chi connectivity index (χ1v) is 7.39. The molecule has 3 rings (SSSR count). The van der Waals surface area contributed by atoms with Crippen LogP contribution in [0.25, 0.3) is 0 Å². The van der Waals surface area contributed by atoms with Gasteiger partial charge in [-0.05, 0) is 18.4 Å². The van der Waals surface area contributed by atoms with Crippen molar-refractivity contribution >= 4 is 12.1 Å². The fraction of sp³-hybridized carbons (Fsp3) is 0.500. The summed E-state index contributed by atoms with van der Waals surface area (Å²) in [6, 6.07) is 8.91. The van der Waals surface area contributed by atoms with Gasteiger partial charge in [0.15, 0.2) is 0 Å². The first-order chi connectivity index (χ1) is 10.6. The van der Waals surface area contributed by atoms with Gasteiger partial charge in [0, 0.05) is 7.05 Å². The van der Waals surface area contributed by atoms with E-state index in [0.29, 0.717) is 0 Å². The number of carboxylic acid groups (broad SMARTS) is 1. The summed E-state index contributed by atoms with van der Waals surface area (Å²) in [7, 11) is 1.58. The standard InChI is InChI=1S/C16H19NO5/c1-17(16(20)21-9-10-5-3-2-4-6-10)14-12-8-7-11(22-12)13(14)15(18)19/h2-6,11-14H,7-9H2,1H3,(H,18,19)/t11-,12+,13+,14-/m1/s1. The Morgan fingerprint density at radius 1 is 1.27 bits per heavy atom. The van der Waals surface area contributed by atoms with E-state index in [-0.39, 0.29) is 18.8 Å². The quantitative estimate of drug-likeness (QED) is 0.919. The summed E-state index contributed by atoms with van der Waals surface area (Å²) in [5.74, 6) is -1.59. The first-order valence-electron chi connectivity index (χ1n) is 7.39. The number of carbonyl (C=O) groups is 2. The number of likely N-dealkylation sites (N-methyl/N-ethyl adjacent to an activating group) is 1. The number of carbonyl (C=O) groups excluding carboxylic acids is 1. The summed E-state index contributed by atoms with van der Waals surface area (Å²) in [6.45, 7) is 0.170. The molecule has 0 aromatic heterocycles. The summed E-state index contributed by atoms with van der Waals surface area (Å²) >= 11 is 0. The Hall–Kier alpha value is -2.08. The Labute approximate surface area is 128 Å². The van der Waals surface area contributed by atoms with Crippen LogP contribution in [0.15, 0.2) is 30.3 Å². The molecule has 1 aromatic carbocycles. The zero-order valence-corrected chi connectivity index (χ0v) is 12.3. The van der Waals surface area contributed by atoms with E-state index >= 15 is 0 Å². The van der Waals surface area contributed by atoms with Crippen molar-refractivity contribution in [2.45, 2.75) is 37.7 Å². The Morgan fingerprint density at radius 3 is 2.64 bits per heavy atom. The Morgan fingerprint density at radius 2 is 1.95 bits per heavy atom. The molecule has 0 radical (unpaired) electrons. The topological polar surface area (TPSA) is 76.1 Å². The summed E-state index contributed by atoms with van der Waals surface area (Å²) in [5.41, 5.74) is 0.892. The van der Waals surface area contributed by atoms with Crippen LogP contribution >= 0.6 is 0 Å². The predicted molar refractivity (Wildman–Crippen MR) is 77.2 cm³/mol. The molecule has 22 heavy (non-hydrogen) atoms. The Balaban J connectivity index is 1.64. The van der Waals surface area contributed by atoms with Crippen LogP contribution in [0.1, 0.15) is 18.4 Å². The number of aliphatic carboxylic acids is 1. The third-order valence-corrected chi connectivity index (χ3v) is 4.46. The molecule has 2 fully saturated rings. The molecule has 2 aliphatic rings. The van der Waals surface area contributed by atoms with Gasteiger partial charge in [0.1, 0.15) is 12.5 Å². The minimum atomic E-state index is -0.917. The third kappa shape index (κ3) is 2.66. The monoisotopic (exact) mass is 305 g/mol. The van der Waals surface area contributed by atoms with Gasteiger partial charge in [-0.2, -0.15) is 0 Å². The molecule has 1 aromatic rings. The molecule has 0 saturated carbocycles. The van der Waals surface area contributed by atoms with Crippen LogP contribution in [0.2, 0.25) is 0 Å². The average molecular weight is 305 g/mol. The van der Waals surface area contributed by atoms with Gasteiger partial charge in [-0.1, -0.05) is 30.3 Å². The number of carboxylic acids is 1. The van der Waals surface area contributed by atoms with E-state index in [2.05, 4.69) is 0 Å². The molecule has 2 heterocycles. The number of amides is 1. The second kappa shape index (κ2) is 5.96. The molecule has 0 aliphatic carbocycles. The Kier molecular flexibility index (Phi) is 4.02. The smallest absolute Gasteiger partial charge is 0.410 e. The molecule has 0 spiro atoms. The van der Waals surface area contributed by atoms with Crippen molar-refractivity contribution in [3.05, 3.63) is 35.9 Å². The second-order valence-corrected chi connectivity index (χ2v) is 5.80. The van der Waals surface area contributed by atoms with Gasteiger partial charge in [0.05, 0.1) is 18.2 Å². The van der Waals surface area contributed by atoms with Gasteiger partial charge in [-0.25, -0.2) is 4.79 Å². The van der Waals surface area contributed by atoms with Crippen LogP contribution in [0, 0.1) is 5.92 Å². The molecule has 2 aliphatic heterocycles. The molecule has 2 bridgehead atoms. The van der Waals surface area contributed by atoms with E-state index in [9.17, 15) is 14.7 Å². The molecular formula is C16H19NO5. The van der Waals surface area contributed by atoms with Gasteiger partial charge in [-0.3, -0.25) is 4.79 Å². The zero-order chi connectivity index (χ0) is 15.7. The lowest BCUT2D eigenvalue weighted by molar-refractivity contribution is -0.144. The lowest BCUT2D eigenvalue weighted by Gasteiger charge is -2.32. The number of hydrogen-bond acceptors (Lipinski definition) is 4. The number of ether oxygens (including phenoxy) is 2. The molecular weight excluding hydrogens is 286 g/mol. The minimum absolute atomic E-state index is 0.170. The number of fused-ring (bicyclic) bond motifs is 2.